The van der Waals surface area contributed by atoms with E-state index < -0.39 is 5.97 Å². The fourth-order valence-electron chi connectivity index (χ4n) is 2.36. The maximum absolute atomic E-state index is 11.8. The van der Waals surface area contributed by atoms with Crippen molar-refractivity contribution in [1.82, 2.24) is 0 Å². The van der Waals surface area contributed by atoms with Crippen LogP contribution in [0.15, 0.2) is 42.5 Å². The minimum Gasteiger partial charge on any atom is -0.497 e. The van der Waals surface area contributed by atoms with Crippen molar-refractivity contribution in [2.24, 2.45) is 0 Å². The van der Waals surface area contributed by atoms with Gasteiger partial charge in [-0.05, 0) is 55.8 Å². The van der Waals surface area contributed by atoms with E-state index in [0.717, 1.165) is 11.3 Å². The second-order valence-corrected chi connectivity index (χ2v) is 5.67. The summed E-state index contributed by atoms with van der Waals surface area (Å²) >= 11 is 0. The monoisotopic (exact) mass is 342 g/mol. The van der Waals surface area contributed by atoms with E-state index in [1.165, 1.54) is 14.2 Å². The van der Waals surface area contributed by atoms with E-state index in [1.807, 2.05) is 38.1 Å². The van der Waals surface area contributed by atoms with Crippen molar-refractivity contribution < 1.29 is 24.1 Å². The van der Waals surface area contributed by atoms with Gasteiger partial charge in [-0.3, -0.25) is 0 Å². The first-order chi connectivity index (χ1) is 11.9. The zero-order valence-electron chi connectivity index (χ0n) is 14.8. The lowest BCUT2D eigenvalue weighted by atomic mass is 10.0. The van der Waals surface area contributed by atoms with Crippen molar-refractivity contribution in [2.45, 2.75) is 20.0 Å². The largest absolute Gasteiger partial charge is 0.497 e. The summed E-state index contributed by atoms with van der Waals surface area (Å²) in [6.45, 7) is 3.90. The summed E-state index contributed by atoms with van der Waals surface area (Å²) in [5.74, 6) is 0.717. The zero-order valence-corrected chi connectivity index (χ0v) is 14.8. The minimum atomic E-state index is -1.05. The average molecular weight is 342 g/mol. The predicted molar refractivity (Wildman–Crippen MR) is 97.3 cm³/mol. The quantitative estimate of drug-likeness (QED) is 0.606. The maximum atomic E-state index is 11.8. The van der Waals surface area contributed by atoms with Crippen LogP contribution in [0.3, 0.4) is 0 Å². The van der Waals surface area contributed by atoms with Crippen LogP contribution in [0.25, 0.3) is 11.6 Å². The number of carboxylic acids is 1. The van der Waals surface area contributed by atoms with Crippen molar-refractivity contribution in [1.29, 1.82) is 0 Å². The SMILES string of the molecule is COc1ccc(OC)c(/C(=C/c2ccc(OC(C)C)cc2)C(=O)O)c1. The van der Waals surface area contributed by atoms with E-state index in [1.54, 1.807) is 24.3 Å². The van der Waals surface area contributed by atoms with E-state index in [9.17, 15) is 9.90 Å². The summed E-state index contributed by atoms with van der Waals surface area (Å²) in [4.78, 5) is 11.8. The number of hydrogen-bond donors (Lipinski definition) is 1. The highest BCUT2D eigenvalue weighted by Crippen LogP contribution is 2.31. The number of hydrogen-bond acceptors (Lipinski definition) is 4. The Kier molecular flexibility index (Phi) is 6.06. The highest BCUT2D eigenvalue weighted by atomic mass is 16.5. The van der Waals surface area contributed by atoms with Crippen LogP contribution in [-0.2, 0) is 4.79 Å². The molecule has 0 bridgehead atoms. The predicted octanol–water partition coefficient (Wildman–Crippen LogP) is 4.12. The molecule has 0 fully saturated rings. The Balaban J connectivity index is 2.44. The van der Waals surface area contributed by atoms with Gasteiger partial charge in [-0.25, -0.2) is 4.79 Å². The molecule has 2 aromatic carbocycles. The number of ether oxygens (including phenoxy) is 3. The highest BCUT2D eigenvalue weighted by molar-refractivity contribution is 6.21. The smallest absolute Gasteiger partial charge is 0.336 e. The van der Waals surface area contributed by atoms with Gasteiger partial charge in [0.05, 0.1) is 25.9 Å². The molecule has 5 nitrogen and oxygen atoms in total. The second kappa shape index (κ2) is 8.24. The van der Waals surface area contributed by atoms with Gasteiger partial charge in [0, 0.05) is 5.56 Å². The molecule has 0 radical (unpaired) electrons. The van der Waals surface area contributed by atoms with Crippen LogP contribution in [0.5, 0.6) is 17.2 Å². The van der Waals surface area contributed by atoms with Crippen LogP contribution in [0.2, 0.25) is 0 Å². The van der Waals surface area contributed by atoms with Gasteiger partial charge in [0.2, 0.25) is 0 Å². The number of carbonyl (C=O) groups is 1. The molecule has 2 rings (SSSR count). The number of carboxylic acid groups (broad SMARTS) is 1. The molecule has 0 saturated heterocycles. The number of rotatable bonds is 7. The van der Waals surface area contributed by atoms with Crippen molar-refractivity contribution in [2.75, 3.05) is 14.2 Å². The van der Waals surface area contributed by atoms with E-state index in [-0.39, 0.29) is 11.7 Å². The Bertz CT molecular complexity index is 760. The summed E-state index contributed by atoms with van der Waals surface area (Å²) in [7, 11) is 3.03. The van der Waals surface area contributed by atoms with Crippen molar-refractivity contribution in [3.05, 3.63) is 53.6 Å². The molecular weight excluding hydrogens is 320 g/mol. The molecule has 0 aliphatic carbocycles. The first-order valence-electron chi connectivity index (χ1n) is 7.88. The lowest BCUT2D eigenvalue weighted by molar-refractivity contribution is -0.130. The molecule has 2 aromatic rings. The molecule has 5 heteroatoms. The fraction of sp³-hybridized carbons (Fsp3) is 0.250. The number of methoxy groups -OCH3 is 2. The van der Waals surface area contributed by atoms with E-state index in [2.05, 4.69) is 0 Å². The van der Waals surface area contributed by atoms with Crippen molar-refractivity contribution >= 4 is 17.6 Å². The van der Waals surface area contributed by atoms with Gasteiger partial charge < -0.3 is 19.3 Å². The van der Waals surface area contributed by atoms with Crippen LogP contribution in [0, 0.1) is 0 Å². The van der Waals surface area contributed by atoms with Gasteiger partial charge in [-0.15, -0.1) is 0 Å². The Morgan fingerprint density at radius 2 is 1.64 bits per heavy atom. The Morgan fingerprint density at radius 3 is 2.16 bits per heavy atom. The maximum Gasteiger partial charge on any atom is 0.336 e. The van der Waals surface area contributed by atoms with Crippen LogP contribution >= 0.6 is 0 Å². The third-order valence-electron chi connectivity index (χ3n) is 3.49. The van der Waals surface area contributed by atoms with Gasteiger partial charge in [0.15, 0.2) is 0 Å². The molecule has 0 aromatic heterocycles. The molecular formula is C20H22O5. The molecule has 0 amide bonds. The first kappa shape index (κ1) is 18.4. The van der Waals surface area contributed by atoms with Gasteiger partial charge >= 0.3 is 5.97 Å². The molecule has 0 aliphatic rings. The number of aliphatic carboxylic acids is 1. The minimum absolute atomic E-state index is 0.0806. The standard InChI is InChI=1S/C20H22O5/c1-13(2)25-15-7-5-14(6-8-15)11-18(20(21)22)17-12-16(23-3)9-10-19(17)24-4/h5-13H,1-4H3,(H,21,22)/b18-11-. The van der Waals surface area contributed by atoms with Gasteiger partial charge in [0.25, 0.3) is 0 Å². The van der Waals surface area contributed by atoms with Crippen molar-refractivity contribution in [3.8, 4) is 17.2 Å². The molecule has 0 aliphatic heterocycles. The molecule has 25 heavy (non-hydrogen) atoms. The summed E-state index contributed by atoms with van der Waals surface area (Å²) in [6, 6.07) is 12.3. The van der Waals surface area contributed by atoms with E-state index in [0.29, 0.717) is 17.1 Å². The van der Waals surface area contributed by atoms with Gasteiger partial charge in [-0.1, -0.05) is 12.1 Å². The Labute approximate surface area is 147 Å². The normalized spacial score (nSPS) is 11.3. The lowest BCUT2D eigenvalue weighted by Gasteiger charge is -2.12. The average Bonchev–Trinajstić information content (AvgIpc) is 2.59. The topological polar surface area (TPSA) is 65.0 Å². The molecule has 0 atom stereocenters. The molecule has 0 unspecified atom stereocenters. The second-order valence-electron chi connectivity index (χ2n) is 5.67. The van der Waals surface area contributed by atoms with Gasteiger partial charge in [0.1, 0.15) is 17.2 Å². The van der Waals surface area contributed by atoms with E-state index in [4.69, 9.17) is 14.2 Å². The Morgan fingerprint density at radius 1 is 1.00 bits per heavy atom. The third-order valence-corrected chi connectivity index (χ3v) is 3.49. The van der Waals surface area contributed by atoms with E-state index >= 15 is 0 Å². The Hall–Kier alpha value is -2.95. The lowest BCUT2D eigenvalue weighted by Crippen LogP contribution is -2.05. The summed E-state index contributed by atoms with van der Waals surface area (Å²) in [5.41, 5.74) is 1.32. The van der Waals surface area contributed by atoms with Gasteiger partial charge in [-0.2, -0.15) is 0 Å². The molecule has 132 valence electrons. The summed E-state index contributed by atoms with van der Waals surface area (Å²) in [5, 5.41) is 9.66. The third kappa shape index (κ3) is 4.76. The van der Waals surface area contributed by atoms with Crippen LogP contribution in [0.4, 0.5) is 0 Å². The molecule has 0 heterocycles. The van der Waals surface area contributed by atoms with Crippen molar-refractivity contribution in [3.63, 3.8) is 0 Å². The number of benzene rings is 2. The zero-order chi connectivity index (χ0) is 18.4. The fourth-order valence-corrected chi connectivity index (χ4v) is 2.36. The molecule has 0 spiro atoms. The molecule has 0 saturated carbocycles. The summed E-state index contributed by atoms with van der Waals surface area (Å²) < 4.78 is 16.1. The first-order valence-corrected chi connectivity index (χ1v) is 7.88. The highest BCUT2D eigenvalue weighted by Gasteiger charge is 2.16. The van der Waals surface area contributed by atoms with Crippen LogP contribution < -0.4 is 14.2 Å². The van der Waals surface area contributed by atoms with Crippen LogP contribution in [0.1, 0.15) is 25.0 Å². The molecule has 1 N–H and O–H groups in total. The summed E-state index contributed by atoms with van der Waals surface area (Å²) in [6.07, 6.45) is 1.68. The van der Waals surface area contributed by atoms with Crippen LogP contribution in [-0.4, -0.2) is 31.4 Å².